The lowest BCUT2D eigenvalue weighted by atomic mass is 10.0. The van der Waals surface area contributed by atoms with Gasteiger partial charge in [0, 0.05) is 54.6 Å². The van der Waals surface area contributed by atoms with Crippen molar-refractivity contribution in [1.29, 1.82) is 0 Å². The Morgan fingerprint density at radius 3 is 3.09 bits per heavy atom. The van der Waals surface area contributed by atoms with Gasteiger partial charge in [0.05, 0.1) is 30.4 Å². The monoisotopic (exact) mass is 428 g/mol. The normalized spacial score (nSPS) is 19.1. The maximum absolute atomic E-state index is 6.18. The summed E-state index contributed by atoms with van der Waals surface area (Å²) >= 11 is 0. The number of imidazole rings is 1. The third-order valence-electron chi connectivity index (χ3n) is 6.13. The van der Waals surface area contributed by atoms with Crippen LogP contribution in [0.2, 0.25) is 0 Å². The Labute approximate surface area is 184 Å². The number of hydrogen-bond acceptors (Lipinski definition) is 6. The minimum atomic E-state index is -0.0319. The second kappa shape index (κ2) is 7.47. The summed E-state index contributed by atoms with van der Waals surface area (Å²) in [6, 6.07) is 10.4. The first-order chi connectivity index (χ1) is 15.7. The number of ether oxygens (including phenoxy) is 1. The van der Waals surface area contributed by atoms with E-state index in [4.69, 9.17) is 15.5 Å². The van der Waals surface area contributed by atoms with Crippen molar-refractivity contribution in [3.8, 4) is 17.1 Å². The van der Waals surface area contributed by atoms with E-state index >= 15 is 0 Å². The molecule has 0 radical (unpaired) electrons. The molecule has 9 heteroatoms. The summed E-state index contributed by atoms with van der Waals surface area (Å²) in [6.07, 6.45) is 8.48. The SMILES string of the molecule is Cn1ccc2c(-c3nc4nccc(-n5cc(N[C@@H]6CCOC[C@@H]6N)cn5)c4[nH]3)cccc21. The van der Waals surface area contributed by atoms with Crippen LogP contribution in [0.4, 0.5) is 5.69 Å². The molecule has 9 nitrogen and oxygen atoms in total. The van der Waals surface area contributed by atoms with Crippen LogP contribution in [-0.2, 0) is 11.8 Å². The Hall–Kier alpha value is -3.69. The molecule has 2 atom stereocenters. The summed E-state index contributed by atoms with van der Waals surface area (Å²) in [5.74, 6) is 0.787. The number of pyridine rings is 1. The fourth-order valence-corrected chi connectivity index (χ4v) is 4.41. The number of nitrogens with two attached hydrogens (primary N) is 1. The molecule has 162 valence electrons. The Kier molecular flexibility index (Phi) is 4.44. The molecule has 1 aliphatic rings. The van der Waals surface area contributed by atoms with Crippen LogP contribution in [0.25, 0.3) is 39.1 Å². The molecule has 6 rings (SSSR count). The lowest BCUT2D eigenvalue weighted by Gasteiger charge is -2.29. The van der Waals surface area contributed by atoms with Gasteiger partial charge in [-0.2, -0.15) is 5.10 Å². The first kappa shape index (κ1) is 19.0. The molecule has 1 saturated heterocycles. The van der Waals surface area contributed by atoms with Crippen LogP contribution in [0, 0.1) is 0 Å². The molecular weight excluding hydrogens is 404 g/mol. The second-order valence-corrected chi connectivity index (χ2v) is 8.23. The van der Waals surface area contributed by atoms with Crippen molar-refractivity contribution < 1.29 is 4.74 Å². The summed E-state index contributed by atoms with van der Waals surface area (Å²) in [4.78, 5) is 12.7. The van der Waals surface area contributed by atoms with E-state index in [9.17, 15) is 0 Å². The smallest absolute Gasteiger partial charge is 0.180 e. The van der Waals surface area contributed by atoms with E-state index in [2.05, 4.69) is 49.3 Å². The molecule has 0 amide bonds. The van der Waals surface area contributed by atoms with E-state index in [0.29, 0.717) is 12.3 Å². The van der Waals surface area contributed by atoms with E-state index < -0.39 is 0 Å². The zero-order chi connectivity index (χ0) is 21.7. The number of hydrogen-bond donors (Lipinski definition) is 3. The second-order valence-electron chi connectivity index (χ2n) is 8.23. The van der Waals surface area contributed by atoms with E-state index in [-0.39, 0.29) is 12.1 Å². The van der Waals surface area contributed by atoms with Crippen LogP contribution in [-0.4, -0.2) is 54.6 Å². The summed E-state index contributed by atoms with van der Waals surface area (Å²) in [5, 5.41) is 9.20. The van der Waals surface area contributed by atoms with Crippen molar-refractivity contribution in [3.63, 3.8) is 0 Å². The molecule has 0 saturated carbocycles. The van der Waals surface area contributed by atoms with Gasteiger partial charge in [-0.1, -0.05) is 12.1 Å². The Morgan fingerprint density at radius 2 is 2.19 bits per heavy atom. The third-order valence-corrected chi connectivity index (χ3v) is 6.13. The van der Waals surface area contributed by atoms with E-state index in [0.717, 1.165) is 52.2 Å². The van der Waals surface area contributed by atoms with Crippen LogP contribution in [0.3, 0.4) is 0 Å². The third kappa shape index (κ3) is 3.14. The van der Waals surface area contributed by atoms with Crippen molar-refractivity contribution in [2.24, 2.45) is 12.8 Å². The minimum absolute atomic E-state index is 0.0319. The number of nitrogens with one attached hydrogen (secondary N) is 2. The van der Waals surface area contributed by atoms with Gasteiger partial charge in [0.15, 0.2) is 5.65 Å². The summed E-state index contributed by atoms with van der Waals surface area (Å²) in [5.41, 5.74) is 11.7. The van der Waals surface area contributed by atoms with E-state index in [1.54, 1.807) is 6.20 Å². The van der Waals surface area contributed by atoms with Gasteiger partial charge in [0.1, 0.15) is 11.3 Å². The summed E-state index contributed by atoms with van der Waals surface area (Å²) in [7, 11) is 2.04. The molecule has 4 aromatic heterocycles. The molecular formula is C23H24N8O. The highest BCUT2D eigenvalue weighted by molar-refractivity contribution is 5.95. The average Bonchev–Trinajstić information content (AvgIpc) is 3.54. The average molecular weight is 429 g/mol. The molecule has 0 spiro atoms. The van der Waals surface area contributed by atoms with Gasteiger partial charge < -0.3 is 25.3 Å². The molecule has 5 heterocycles. The molecule has 0 aliphatic carbocycles. The molecule has 4 N–H and O–H groups in total. The van der Waals surface area contributed by atoms with Gasteiger partial charge in [-0.3, -0.25) is 0 Å². The number of benzene rings is 1. The van der Waals surface area contributed by atoms with Crippen LogP contribution >= 0.6 is 0 Å². The highest BCUT2D eigenvalue weighted by Gasteiger charge is 2.23. The zero-order valence-electron chi connectivity index (χ0n) is 17.7. The largest absolute Gasteiger partial charge is 0.380 e. The molecule has 0 unspecified atom stereocenters. The predicted octanol–water partition coefficient (Wildman–Crippen LogP) is 2.83. The Balaban J connectivity index is 1.37. The summed E-state index contributed by atoms with van der Waals surface area (Å²) in [6.45, 7) is 1.29. The number of anilines is 1. The van der Waals surface area contributed by atoms with Gasteiger partial charge in [0.25, 0.3) is 0 Å². The van der Waals surface area contributed by atoms with Crippen molar-refractivity contribution in [1.82, 2.24) is 29.3 Å². The summed E-state index contributed by atoms with van der Waals surface area (Å²) < 4.78 is 9.37. The first-order valence-corrected chi connectivity index (χ1v) is 10.7. The van der Waals surface area contributed by atoms with Gasteiger partial charge in [0.2, 0.25) is 0 Å². The number of aromatic amines is 1. The highest BCUT2D eigenvalue weighted by atomic mass is 16.5. The van der Waals surface area contributed by atoms with Crippen molar-refractivity contribution >= 4 is 27.8 Å². The number of fused-ring (bicyclic) bond motifs is 2. The molecule has 0 bridgehead atoms. The lowest BCUT2D eigenvalue weighted by Crippen LogP contribution is -2.47. The Morgan fingerprint density at radius 1 is 1.25 bits per heavy atom. The van der Waals surface area contributed by atoms with Gasteiger partial charge >= 0.3 is 0 Å². The topological polar surface area (TPSA) is 112 Å². The van der Waals surface area contributed by atoms with E-state index in [1.165, 1.54) is 0 Å². The molecule has 1 aliphatic heterocycles. The van der Waals surface area contributed by atoms with Crippen molar-refractivity contribution in [3.05, 3.63) is 55.1 Å². The zero-order valence-corrected chi connectivity index (χ0v) is 17.7. The maximum Gasteiger partial charge on any atom is 0.180 e. The van der Waals surface area contributed by atoms with Gasteiger partial charge in [-0.25, -0.2) is 14.6 Å². The van der Waals surface area contributed by atoms with Crippen molar-refractivity contribution in [2.75, 3.05) is 18.5 Å². The lowest BCUT2D eigenvalue weighted by molar-refractivity contribution is 0.0752. The first-order valence-electron chi connectivity index (χ1n) is 10.7. The number of nitrogens with zero attached hydrogens (tertiary/aromatic N) is 5. The quantitative estimate of drug-likeness (QED) is 0.406. The Bertz CT molecular complexity index is 1410. The molecule has 1 fully saturated rings. The number of aryl methyl sites for hydroxylation is 1. The predicted molar refractivity (Wildman–Crippen MR) is 124 cm³/mol. The molecule has 1 aromatic carbocycles. The molecule has 32 heavy (non-hydrogen) atoms. The highest BCUT2D eigenvalue weighted by Crippen LogP contribution is 2.30. The molecule has 5 aromatic rings. The number of aromatic nitrogens is 6. The van der Waals surface area contributed by atoms with Crippen LogP contribution in [0.5, 0.6) is 0 Å². The van der Waals surface area contributed by atoms with Crippen molar-refractivity contribution in [2.45, 2.75) is 18.5 Å². The van der Waals surface area contributed by atoms with Gasteiger partial charge in [-0.05, 0) is 24.6 Å². The standard InChI is InChI=1S/C23H24N8O/c1-30-9-6-15-16(3-2-4-19(15)30)22-28-21-20(5-8-25-23(21)29-22)31-12-14(11-26-31)27-18-7-10-32-13-17(18)24/h2-6,8-9,11-12,17-18,27H,7,10,13,24H2,1H3,(H,25,28,29)/t17-,18+/m0/s1. The van der Waals surface area contributed by atoms with Gasteiger partial charge in [-0.15, -0.1) is 0 Å². The number of rotatable bonds is 4. The van der Waals surface area contributed by atoms with Crippen LogP contribution in [0.1, 0.15) is 6.42 Å². The maximum atomic E-state index is 6.18. The number of H-pyrrole nitrogens is 1. The van der Waals surface area contributed by atoms with Crippen LogP contribution in [0.15, 0.2) is 55.1 Å². The van der Waals surface area contributed by atoms with Crippen LogP contribution < -0.4 is 11.1 Å². The minimum Gasteiger partial charge on any atom is -0.380 e. The fourth-order valence-electron chi connectivity index (χ4n) is 4.41. The fraction of sp³-hybridized carbons (Fsp3) is 0.261. The van der Waals surface area contributed by atoms with E-state index in [1.807, 2.05) is 36.3 Å².